The zero-order chi connectivity index (χ0) is 33.3. The Morgan fingerprint density at radius 2 is 1.74 bits per heavy atom. The van der Waals surface area contributed by atoms with E-state index in [0.29, 0.717) is 12.3 Å². The van der Waals surface area contributed by atoms with E-state index in [1.54, 1.807) is 13.2 Å². The van der Waals surface area contributed by atoms with Crippen molar-refractivity contribution in [2.45, 2.75) is 57.7 Å². The van der Waals surface area contributed by atoms with Gasteiger partial charge in [-0.2, -0.15) is 0 Å². The van der Waals surface area contributed by atoms with Gasteiger partial charge in [-0.3, -0.25) is 9.59 Å². The Kier molecular flexibility index (Phi) is 15.6. The normalized spacial score (nSPS) is 17.0. The fourth-order valence-electron chi connectivity index (χ4n) is 5.25. The van der Waals surface area contributed by atoms with Crippen LogP contribution in [0.5, 0.6) is 0 Å². The van der Waals surface area contributed by atoms with Crippen molar-refractivity contribution in [3.63, 3.8) is 0 Å². The lowest BCUT2D eigenvalue weighted by Gasteiger charge is -2.32. The molecule has 2 atom stereocenters. The molecule has 248 valence electrons. The van der Waals surface area contributed by atoms with Crippen LogP contribution < -0.4 is 26.2 Å². The third-order valence-electron chi connectivity index (χ3n) is 7.44. The van der Waals surface area contributed by atoms with Gasteiger partial charge in [-0.25, -0.2) is 4.98 Å². The van der Waals surface area contributed by atoms with Gasteiger partial charge in [0.15, 0.2) is 18.7 Å². The Bertz CT molecular complexity index is 1400. The van der Waals surface area contributed by atoms with Crippen LogP contribution in [0.4, 0.5) is 17.2 Å². The molecule has 1 aromatic heterocycles. The summed E-state index contributed by atoms with van der Waals surface area (Å²) >= 11 is 1.53. The third kappa shape index (κ3) is 10.6. The van der Waals surface area contributed by atoms with Crippen LogP contribution in [0.2, 0.25) is 0 Å². The number of amides is 1. The van der Waals surface area contributed by atoms with E-state index < -0.39 is 12.5 Å². The van der Waals surface area contributed by atoms with Crippen molar-refractivity contribution in [2.75, 3.05) is 48.3 Å². The number of likely N-dealkylation sites (N-methyl/N-ethyl adjacent to an activating group) is 1. The van der Waals surface area contributed by atoms with Crippen LogP contribution in [0.3, 0.4) is 0 Å². The van der Waals surface area contributed by atoms with Crippen molar-refractivity contribution in [2.24, 2.45) is 5.73 Å². The summed E-state index contributed by atoms with van der Waals surface area (Å²) in [6.07, 6.45) is 6.83. The van der Waals surface area contributed by atoms with E-state index in [-0.39, 0.29) is 12.5 Å². The molecule has 1 fully saturated rings. The van der Waals surface area contributed by atoms with Gasteiger partial charge in [0.25, 0.3) is 0 Å². The molecule has 46 heavy (non-hydrogen) atoms. The number of fused-ring (bicyclic) bond motifs is 1. The number of aliphatic hydroxyl groups excluding tert-OH is 2. The number of aromatic nitrogens is 1. The average molecular weight is 649 g/mol. The highest BCUT2D eigenvalue weighted by atomic mass is 32.2. The lowest BCUT2D eigenvalue weighted by Crippen LogP contribution is -2.30. The Morgan fingerprint density at radius 1 is 1.02 bits per heavy atom. The number of nitrogens with one attached hydrogen (secondary N) is 2. The number of rotatable bonds is 9. The minimum absolute atomic E-state index is 0.264. The number of hydrogen-bond donors (Lipinski definition) is 5. The lowest BCUT2D eigenvalue weighted by atomic mass is 10.1. The minimum Gasteiger partial charge on any atom is -0.369 e. The van der Waals surface area contributed by atoms with Crippen LogP contribution in [0.15, 0.2) is 77.8 Å². The predicted octanol–water partition coefficient (Wildman–Crippen LogP) is 5.11. The molecule has 5 rings (SSSR count). The maximum absolute atomic E-state index is 11.4. The molecule has 2 aliphatic rings. The number of anilines is 3. The van der Waals surface area contributed by atoms with Crippen molar-refractivity contribution in [1.82, 2.24) is 10.3 Å². The van der Waals surface area contributed by atoms with E-state index in [9.17, 15) is 19.8 Å². The smallest absolute Gasteiger partial charge is 0.231 e. The second kappa shape index (κ2) is 19.6. The summed E-state index contributed by atoms with van der Waals surface area (Å²) in [5.74, 6) is 1.17. The monoisotopic (exact) mass is 648 g/mol. The Hall–Kier alpha value is -3.90. The molecule has 1 amide bonds. The van der Waals surface area contributed by atoms with Crippen LogP contribution in [0, 0.1) is 0 Å². The molecular weight excluding hydrogens is 600 g/mol. The number of primary amides is 1. The number of hydrogen-bond acceptors (Lipinski definition) is 10. The number of nitrogens with two attached hydrogens (primary N) is 1. The fraction of sp³-hybridized carbons (Fsp3) is 0.400. The van der Waals surface area contributed by atoms with Gasteiger partial charge < -0.3 is 36.4 Å². The number of allylic oxidation sites excluding steroid dienone is 2. The number of nitrogens with zero attached hydrogens (tertiary/aromatic N) is 3. The van der Waals surface area contributed by atoms with Crippen molar-refractivity contribution in [3.05, 3.63) is 94.5 Å². The van der Waals surface area contributed by atoms with Gasteiger partial charge in [0, 0.05) is 59.0 Å². The van der Waals surface area contributed by atoms with Gasteiger partial charge >= 0.3 is 0 Å². The first-order valence-corrected chi connectivity index (χ1v) is 16.9. The highest BCUT2D eigenvalue weighted by molar-refractivity contribution is 8.03. The molecule has 2 aliphatic heterocycles. The highest BCUT2D eigenvalue weighted by Gasteiger charge is 2.23. The van der Waals surface area contributed by atoms with Crippen LogP contribution >= 0.6 is 11.8 Å². The number of pyridine rings is 1. The molecule has 0 spiro atoms. The number of aldehydes is 1. The zero-order valence-corrected chi connectivity index (χ0v) is 27.9. The average Bonchev–Trinajstić information content (AvgIpc) is 3.63. The van der Waals surface area contributed by atoms with Gasteiger partial charge in [-0.1, -0.05) is 50.3 Å². The summed E-state index contributed by atoms with van der Waals surface area (Å²) in [6.45, 7) is 6.83. The molecule has 0 radical (unpaired) electrons. The molecule has 3 aromatic rings. The first-order chi connectivity index (χ1) is 22.4. The van der Waals surface area contributed by atoms with E-state index in [0.717, 1.165) is 83.8 Å². The second-order valence-electron chi connectivity index (χ2n) is 10.6. The molecule has 10 nitrogen and oxygen atoms in total. The van der Waals surface area contributed by atoms with E-state index in [1.165, 1.54) is 11.8 Å². The van der Waals surface area contributed by atoms with Gasteiger partial charge in [-0.15, -0.1) is 11.8 Å². The highest BCUT2D eigenvalue weighted by Crippen LogP contribution is 2.34. The Labute approximate surface area is 277 Å². The van der Waals surface area contributed by atoms with Crippen LogP contribution in [0.25, 0.3) is 0 Å². The second-order valence-corrected chi connectivity index (χ2v) is 11.7. The lowest BCUT2D eigenvalue weighted by molar-refractivity contribution is -0.117. The fourth-order valence-corrected chi connectivity index (χ4v) is 6.12. The number of carbonyl (C=O) groups is 2. The summed E-state index contributed by atoms with van der Waals surface area (Å²) in [4.78, 5) is 30.7. The zero-order valence-electron chi connectivity index (χ0n) is 27.1. The predicted molar refractivity (Wildman–Crippen MR) is 189 cm³/mol. The molecule has 2 unspecified atom stereocenters. The van der Waals surface area contributed by atoms with Gasteiger partial charge in [-0.05, 0) is 68.6 Å². The van der Waals surface area contributed by atoms with Crippen LogP contribution in [-0.2, 0) is 15.3 Å². The summed E-state index contributed by atoms with van der Waals surface area (Å²) in [5, 5.41) is 28.2. The first kappa shape index (κ1) is 36.6. The summed E-state index contributed by atoms with van der Waals surface area (Å²) < 4.78 is 0. The molecule has 3 heterocycles. The van der Waals surface area contributed by atoms with Gasteiger partial charge in [0.1, 0.15) is 5.82 Å². The molecule has 6 N–H and O–H groups in total. The number of aliphatic hydroxyl groups is 2. The minimum atomic E-state index is -0.897. The van der Waals surface area contributed by atoms with Crippen molar-refractivity contribution >= 4 is 41.1 Å². The van der Waals surface area contributed by atoms with E-state index in [2.05, 4.69) is 26.6 Å². The summed E-state index contributed by atoms with van der Waals surface area (Å²) in [7, 11) is 1.67. The number of thioether (sulfide) groups is 1. The maximum Gasteiger partial charge on any atom is 0.231 e. The number of para-hydroxylation sites is 1. The van der Waals surface area contributed by atoms with E-state index in [4.69, 9.17) is 5.73 Å². The molecular formula is C35H48N6O4S. The summed E-state index contributed by atoms with van der Waals surface area (Å²) in [6, 6.07) is 19.4. The molecule has 0 aliphatic carbocycles. The van der Waals surface area contributed by atoms with Crippen molar-refractivity contribution in [1.29, 1.82) is 0 Å². The van der Waals surface area contributed by atoms with Gasteiger partial charge in [0.05, 0.1) is 6.54 Å². The first-order valence-electron chi connectivity index (χ1n) is 15.9. The van der Waals surface area contributed by atoms with E-state index in [1.807, 2.05) is 79.4 Å². The van der Waals surface area contributed by atoms with E-state index >= 15 is 0 Å². The summed E-state index contributed by atoms with van der Waals surface area (Å²) in [5.41, 5.74) is 9.04. The largest absolute Gasteiger partial charge is 0.369 e. The SMILES string of the molecule is CC.CNCC(N)=O.O=C/C1=C/CCCN(C(O)c2ccc(NC(O)c3cccnc3N3CCCC3)cc2)c2ccccc2CS1. The van der Waals surface area contributed by atoms with Crippen LogP contribution in [0.1, 0.15) is 68.7 Å². The van der Waals surface area contributed by atoms with Gasteiger partial charge in [0.2, 0.25) is 5.91 Å². The number of carbonyl (C=O) groups excluding carboxylic acids is 2. The topological polar surface area (TPSA) is 144 Å². The Balaban J connectivity index is 0.000000648. The molecule has 0 saturated carbocycles. The molecule has 2 aromatic carbocycles. The third-order valence-corrected chi connectivity index (χ3v) is 8.49. The quantitative estimate of drug-likeness (QED) is 0.157. The van der Waals surface area contributed by atoms with Crippen molar-refractivity contribution < 1.29 is 19.8 Å². The van der Waals surface area contributed by atoms with Crippen molar-refractivity contribution in [3.8, 4) is 0 Å². The standard InChI is InChI=1S/C30H34N4O3S.C3H8N2O.C2H6/c35-20-25-9-3-4-19-34(27-11-2-1-8-23(27)21-38-25)30(37)22-12-14-24(15-13-22)32-29(36)26-10-7-16-31-28(26)33-17-5-6-18-33;1-5-2-3(4)6;1-2/h1-2,7-16,20,29-30,32,36-37H,3-6,17-19,21H2;5H,2H2,1H3,(H2,4,6);1-2H3/b25-9-;;. The Morgan fingerprint density at radius 3 is 2.39 bits per heavy atom. The molecule has 1 saturated heterocycles. The number of benzene rings is 2. The van der Waals surface area contributed by atoms with Crippen LogP contribution in [-0.4, -0.2) is 60.6 Å². The molecule has 11 heteroatoms. The molecule has 0 bridgehead atoms. The maximum atomic E-state index is 11.4.